The predicted octanol–water partition coefficient (Wildman–Crippen LogP) is 2.65. The van der Waals surface area contributed by atoms with Crippen LogP contribution in [0.25, 0.3) is 0 Å². The molecular formula is C11H17NS. The van der Waals surface area contributed by atoms with Crippen molar-refractivity contribution in [1.29, 1.82) is 0 Å². The van der Waals surface area contributed by atoms with Gasteiger partial charge in [-0.2, -0.15) is 0 Å². The van der Waals surface area contributed by atoms with E-state index >= 15 is 0 Å². The van der Waals surface area contributed by atoms with Crippen LogP contribution >= 0.6 is 11.8 Å². The van der Waals surface area contributed by atoms with Gasteiger partial charge in [0.1, 0.15) is 0 Å². The van der Waals surface area contributed by atoms with E-state index in [0.29, 0.717) is 0 Å². The van der Waals surface area contributed by atoms with Crippen LogP contribution in [0.3, 0.4) is 0 Å². The fraction of sp³-hybridized carbons (Fsp3) is 0.455. The number of aryl methyl sites for hydroxylation is 1. The van der Waals surface area contributed by atoms with Crippen LogP contribution in [0.5, 0.6) is 0 Å². The van der Waals surface area contributed by atoms with E-state index in [-0.39, 0.29) is 0 Å². The molecule has 0 amide bonds. The maximum atomic E-state index is 2.24. The quantitative estimate of drug-likeness (QED) is 0.680. The van der Waals surface area contributed by atoms with E-state index in [1.807, 2.05) is 11.8 Å². The molecule has 1 aromatic rings. The SMILES string of the molecule is Cc1cccc(SCCN(C)C)c1. The summed E-state index contributed by atoms with van der Waals surface area (Å²) < 4.78 is 0. The van der Waals surface area contributed by atoms with Crippen LogP contribution in [-0.2, 0) is 0 Å². The van der Waals surface area contributed by atoms with Gasteiger partial charge in [0, 0.05) is 17.2 Å². The second-order valence-electron chi connectivity index (χ2n) is 3.47. The molecule has 2 heteroatoms. The molecule has 1 rings (SSSR count). The molecule has 0 aliphatic rings. The zero-order valence-electron chi connectivity index (χ0n) is 8.58. The highest BCUT2D eigenvalue weighted by Gasteiger charge is 1.94. The molecule has 0 atom stereocenters. The lowest BCUT2D eigenvalue weighted by atomic mass is 10.2. The summed E-state index contributed by atoms with van der Waals surface area (Å²) in [5, 5.41) is 0. The van der Waals surface area contributed by atoms with Crippen molar-refractivity contribution in [3.05, 3.63) is 29.8 Å². The van der Waals surface area contributed by atoms with Gasteiger partial charge in [0.15, 0.2) is 0 Å². The first kappa shape index (κ1) is 10.6. The molecule has 0 saturated heterocycles. The summed E-state index contributed by atoms with van der Waals surface area (Å²) in [5.41, 5.74) is 1.34. The number of thioether (sulfide) groups is 1. The molecule has 0 aliphatic carbocycles. The van der Waals surface area contributed by atoms with Crippen LogP contribution in [0.2, 0.25) is 0 Å². The van der Waals surface area contributed by atoms with Crippen LogP contribution in [0, 0.1) is 6.92 Å². The van der Waals surface area contributed by atoms with Crippen molar-refractivity contribution in [1.82, 2.24) is 4.90 Å². The summed E-state index contributed by atoms with van der Waals surface area (Å²) in [6.45, 7) is 3.27. The highest BCUT2D eigenvalue weighted by molar-refractivity contribution is 7.99. The Bertz CT molecular complexity index is 258. The van der Waals surface area contributed by atoms with E-state index in [1.165, 1.54) is 10.5 Å². The Morgan fingerprint density at radius 3 is 2.69 bits per heavy atom. The third-order valence-corrected chi connectivity index (χ3v) is 2.77. The molecule has 0 N–H and O–H groups in total. The fourth-order valence-corrected chi connectivity index (χ4v) is 2.19. The Morgan fingerprint density at radius 1 is 1.31 bits per heavy atom. The van der Waals surface area contributed by atoms with Crippen LogP contribution in [0.15, 0.2) is 29.2 Å². The maximum absolute atomic E-state index is 2.24. The highest BCUT2D eigenvalue weighted by atomic mass is 32.2. The number of benzene rings is 1. The molecule has 1 nitrogen and oxygen atoms in total. The average molecular weight is 195 g/mol. The fourth-order valence-electron chi connectivity index (χ4n) is 1.05. The van der Waals surface area contributed by atoms with Crippen molar-refractivity contribution < 1.29 is 0 Å². The van der Waals surface area contributed by atoms with Crippen LogP contribution < -0.4 is 0 Å². The van der Waals surface area contributed by atoms with Crippen molar-refractivity contribution in [2.45, 2.75) is 11.8 Å². The molecule has 0 saturated carbocycles. The Kier molecular flexibility index (Phi) is 4.33. The largest absolute Gasteiger partial charge is 0.309 e. The monoisotopic (exact) mass is 195 g/mol. The topological polar surface area (TPSA) is 3.24 Å². The Morgan fingerprint density at radius 2 is 2.08 bits per heavy atom. The first-order chi connectivity index (χ1) is 6.18. The van der Waals surface area contributed by atoms with Crippen molar-refractivity contribution in [2.75, 3.05) is 26.4 Å². The van der Waals surface area contributed by atoms with E-state index in [0.717, 1.165) is 12.3 Å². The molecule has 0 radical (unpaired) electrons. The Hall–Kier alpha value is -0.470. The second-order valence-corrected chi connectivity index (χ2v) is 4.64. The van der Waals surface area contributed by atoms with Gasteiger partial charge in [0.2, 0.25) is 0 Å². The van der Waals surface area contributed by atoms with Crippen molar-refractivity contribution in [2.24, 2.45) is 0 Å². The summed E-state index contributed by atoms with van der Waals surface area (Å²) in [5.74, 6) is 1.16. The summed E-state index contributed by atoms with van der Waals surface area (Å²) in [6.07, 6.45) is 0. The van der Waals surface area contributed by atoms with E-state index in [4.69, 9.17) is 0 Å². The molecule has 0 fully saturated rings. The second kappa shape index (κ2) is 5.30. The van der Waals surface area contributed by atoms with Crippen molar-refractivity contribution in [3.63, 3.8) is 0 Å². The van der Waals surface area contributed by atoms with E-state index < -0.39 is 0 Å². The minimum absolute atomic E-state index is 1.14. The minimum Gasteiger partial charge on any atom is -0.309 e. The predicted molar refractivity (Wildman–Crippen MR) is 60.5 cm³/mol. The Labute approximate surface area is 85.1 Å². The molecule has 0 heterocycles. The lowest BCUT2D eigenvalue weighted by molar-refractivity contribution is 0.437. The summed E-state index contributed by atoms with van der Waals surface area (Å²) in [4.78, 5) is 3.59. The molecular weight excluding hydrogens is 178 g/mol. The molecule has 0 bridgehead atoms. The first-order valence-corrected chi connectivity index (χ1v) is 5.51. The van der Waals surface area contributed by atoms with Gasteiger partial charge in [0.25, 0.3) is 0 Å². The highest BCUT2D eigenvalue weighted by Crippen LogP contribution is 2.18. The van der Waals surface area contributed by atoms with Crippen molar-refractivity contribution in [3.8, 4) is 0 Å². The number of rotatable bonds is 4. The average Bonchev–Trinajstić information content (AvgIpc) is 2.03. The van der Waals surface area contributed by atoms with Gasteiger partial charge in [-0.05, 0) is 33.2 Å². The zero-order valence-corrected chi connectivity index (χ0v) is 9.40. The summed E-state index contributed by atoms with van der Waals surface area (Å²) in [7, 11) is 4.22. The van der Waals surface area contributed by atoms with Gasteiger partial charge < -0.3 is 4.90 Å². The minimum atomic E-state index is 1.14. The lowest BCUT2D eigenvalue weighted by Gasteiger charge is -2.08. The Balaban J connectivity index is 2.37. The van der Waals surface area contributed by atoms with E-state index in [9.17, 15) is 0 Å². The van der Waals surface area contributed by atoms with Gasteiger partial charge >= 0.3 is 0 Å². The molecule has 13 heavy (non-hydrogen) atoms. The molecule has 0 spiro atoms. The summed E-state index contributed by atoms with van der Waals surface area (Å²) in [6, 6.07) is 8.66. The first-order valence-electron chi connectivity index (χ1n) is 4.52. The number of hydrogen-bond acceptors (Lipinski definition) is 2. The smallest absolute Gasteiger partial charge is 0.0108 e. The summed E-state index contributed by atoms with van der Waals surface area (Å²) >= 11 is 1.92. The van der Waals surface area contributed by atoms with Gasteiger partial charge in [-0.1, -0.05) is 17.7 Å². The number of nitrogens with zero attached hydrogens (tertiary/aromatic N) is 1. The molecule has 1 aromatic carbocycles. The molecule has 0 aromatic heterocycles. The van der Waals surface area contributed by atoms with E-state index in [1.54, 1.807) is 0 Å². The van der Waals surface area contributed by atoms with E-state index in [2.05, 4.69) is 50.2 Å². The van der Waals surface area contributed by atoms with Crippen LogP contribution in [0.4, 0.5) is 0 Å². The van der Waals surface area contributed by atoms with Gasteiger partial charge in [-0.25, -0.2) is 0 Å². The third-order valence-electron chi connectivity index (χ3n) is 1.80. The zero-order chi connectivity index (χ0) is 9.68. The van der Waals surface area contributed by atoms with Gasteiger partial charge in [0.05, 0.1) is 0 Å². The van der Waals surface area contributed by atoms with Gasteiger partial charge in [-0.3, -0.25) is 0 Å². The normalized spacial score (nSPS) is 10.8. The maximum Gasteiger partial charge on any atom is 0.0108 e. The third kappa shape index (κ3) is 4.34. The standard InChI is InChI=1S/C11H17NS/c1-10-5-4-6-11(9-10)13-8-7-12(2)3/h4-6,9H,7-8H2,1-3H3. The molecule has 0 unspecified atom stereocenters. The number of hydrogen-bond donors (Lipinski definition) is 0. The molecule has 72 valence electrons. The van der Waals surface area contributed by atoms with Gasteiger partial charge in [-0.15, -0.1) is 11.8 Å². The molecule has 0 aliphatic heterocycles. The van der Waals surface area contributed by atoms with Crippen LogP contribution in [0.1, 0.15) is 5.56 Å². The lowest BCUT2D eigenvalue weighted by Crippen LogP contribution is -2.14. The van der Waals surface area contributed by atoms with Crippen LogP contribution in [-0.4, -0.2) is 31.3 Å². The van der Waals surface area contributed by atoms with Crippen molar-refractivity contribution >= 4 is 11.8 Å².